The number of hydrogen-bond donors (Lipinski definition) is 2. The summed E-state index contributed by atoms with van der Waals surface area (Å²) < 4.78 is 25.5. The van der Waals surface area contributed by atoms with E-state index in [1.54, 1.807) is 25.4 Å². The highest BCUT2D eigenvalue weighted by Crippen LogP contribution is 1.95. The fourth-order valence-corrected chi connectivity index (χ4v) is 2.23. The molecule has 0 aliphatic rings. The molecule has 0 spiro atoms. The van der Waals surface area contributed by atoms with Crippen LogP contribution in [0.1, 0.15) is 12.1 Å². The predicted molar refractivity (Wildman–Crippen MR) is 63.4 cm³/mol. The maximum atomic E-state index is 11.5. The van der Waals surface area contributed by atoms with Crippen molar-refractivity contribution in [2.45, 2.75) is 13.0 Å². The second-order valence-electron chi connectivity index (χ2n) is 3.42. The average molecular weight is 243 g/mol. The summed E-state index contributed by atoms with van der Waals surface area (Å²) in [5.41, 5.74) is 0.722. The monoisotopic (exact) mass is 243 g/mol. The highest BCUT2D eigenvalue weighted by Gasteiger charge is 2.09. The third-order valence-corrected chi connectivity index (χ3v) is 3.45. The number of pyridine rings is 1. The largest absolute Gasteiger partial charge is 0.320 e. The number of rotatable bonds is 7. The number of aromatic nitrogens is 1. The van der Waals surface area contributed by atoms with E-state index in [1.165, 1.54) is 0 Å². The van der Waals surface area contributed by atoms with Crippen LogP contribution in [-0.4, -0.2) is 32.7 Å². The fraction of sp³-hybridized carbons (Fsp3) is 0.500. The summed E-state index contributed by atoms with van der Waals surface area (Å²) in [7, 11) is -1.38. The van der Waals surface area contributed by atoms with Gasteiger partial charge in [-0.25, -0.2) is 13.1 Å². The molecule has 90 valence electrons. The minimum Gasteiger partial charge on any atom is -0.320 e. The van der Waals surface area contributed by atoms with Crippen molar-refractivity contribution in [1.82, 2.24) is 15.0 Å². The van der Waals surface area contributed by atoms with Crippen molar-refractivity contribution in [3.8, 4) is 0 Å². The molecule has 0 aliphatic heterocycles. The third kappa shape index (κ3) is 5.20. The molecule has 0 saturated carbocycles. The van der Waals surface area contributed by atoms with Gasteiger partial charge in [0.05, 0.1) is 18.0 Å². The van der Waals surface area contributed by atoms with Crippen molar-refractivity contribution in [2.75, 3.05) is 19.3 Å². The Morgan fingerprint density at radius 2 is 2.19 bits per heavy atom. The minimum absolute atomic E-state index is 0.140. The topological polar surface area (TPSA) is 71.1 Å². The molecule has 16 heavy (non-hydrogen) atoms. The molecule has 1 rings (SSSR count). The molecule has 6 heteroatoms. The molecule has 0 atom stereocenters. The van der Waals surface area contributed by atoms with Crippen LogP contribution in [0.15, 0.2) is 24.4 Å². The quantitative estimate of drug-likeness (QED) is 0.667. The van der Waals surface area contributed by atoms with Gasteiger partial charge in [0.25, 0.3) is 0 Å². The first-order valence-corrected chi connectivity index (χ1v) is 6.81. The molecule has 1 aromatic heterocycles. The van der Waals surface area contributed by atoms with Gasteiger partial charge in [-0.1, -0.05) is 6.07 Å². The normalized spacial score (nSPS) is 11.6. The lowest BCUT2D eigenvalue weighted by Crippen LogP contribution is -2.27. The van der Waals surface area contributed by atoms with Gasteiger partial charge in [0, 0.05) is 6.20 Å². The van der Waals surface area contributed by atoms with Crippen LogP contribution in [0.3, 0.4) is 0 Å². The van der Waals surface area contributed by atoms with Crippen LogP contribution in [0.5, 0.6) is 0 Å². The molecule has 0 unspecified atom stereocenters. The Morgan fingerprint density at radius 1 is 1.38 bits per heavy atom. The molecule has 0 aromatic carbocycles. The van der Waals surface area contributed by atoms with Crippen molar-refractivity contribution in [3.63, 3.8) is 0 Å². The number of nitrogens with one attached hydrogen (secondary N) is 2. The molecule has 1 heterocycles. The van der Waals surface area contributed by atoms with Gasteiger partial charge >= 0.3 is 0 Å². The molecule has 0 saturated heterocycles. The summed E-state index contributed by atoms with van der Waals surface area (Å²) in [6, 6.07) is 5.42. The molecule has 2 N–H and O–H groups in total. The van der Waals surface area contributed by atoms with E-state index in [0.717, 1.165) is 5.69 Å². The first kappa shape index (κ1) is 13.1. The maximum Gasteiger partial charge on any atom is 0.211 e. The highest BCUT2D eigenvalue weighted by molar-refractivity contribution is 7.89. The Balaban J connectivity index is 2.36. The van der Waals surface area contributed by atoms with Gasteiger partial charge < -0.3 is 5.32 Å². The smallest absolute Gasteiger partial charge is 0.211 e. The first-order valence-electron chi connectivity index (χ1n) is 5.16. The lowest BCUT2D eigenvalue weighted by atomic mass is 10.4. The van der Waals surface area contributed by atoms with E-state index in [9.17, 15) is 8.42 Å². The highest BCUT2D eigenvalue weighted by atomic mass is 32.2. The van der Waals surface area contributed by atoms with Crippen molar-refractivity contribution in [3.05, 3.63) is 30.1 Å². The van der Waals surface area contributed by atoms with Crippen LogP contribution in [-0.2, 0) is 16.6 Å². The van der Waals surface area contributed by atoms with E-state index in [4.69, 9.17) is 0 Å². The van der Waals surface area contributed by atoms with Crippen LogP contribution in [0.4, 0.5) is 0 Å². The van der Waals surface area contributed by atoms with Crippen molar-refractivity contribution in [2.24, 2.45) is 0 Å². The minimum atomic E-state index is -3.18. The Labute approximate surface area is 96.3 Å². The molecule has 0 aliphatic carbocycles. The van der Waals surface area contributed by atoms with Gasteiger partial charge in [-0.15, -0.1) is 0 Å². The van der Waals surface area contributed by atoms with Crippen LogP contribution in [0.25, 0.3) is 0 Å². The summed E-state index contributed by atoms with van der Waals surface area (Å²) in [5, 5.41) is 2.91. The van der Waals surface area contributed by atoms with Gasteiger partial charge in [-0.3, -0.25) is 4.98 Å². The average Bonchev–Trinajstić information content (AvgIpc) is 2.28. The molecular weight excluding hydrogens is 226 g/mol. The van der Waals surface area contributed by atoms with Crippen LogP contribution in [0.2, 0.25) is 0 Å². The number of sulfonamides is 1. The van der Waals surface area contributed by atoms with Gasteiger partial charge in [0.2, 0.25) is 10.0 Å². The summed E-state index contributed by atoms with van der Waals surface area (Å²) >= 11 is 0. The van der Waals surface area contributed by atoms with Crippen LogP contribution >= 0.6 is 0 Å². The van der Waals surface area contributed by atoms with E-state index >= 15 is 0 Å². The summed E-state index contributed by atoms with van der Waals surface area (Å²) in [5.74, 6) is 0.140. The van der Waals surface area contributed by atoms with Crippen LogP contribution in [0, 0.1) is 0 Å². The van der Waals surface area contributed by atoms with E-state index in [-0.39, 0.29) is 12.3 Å². The Morgan fingerprint density at radius 3 is 2.81 bits per heavy atom. The maximum absolute atomic E-state index is 11.5. The molecular formula is C10H17N3O2S. The lowest BCUT2D eigenvalue weighted by Gasteiger charge is -2.05. The Hall–Kier alpha value is -0.980. The Bertz CT molecular complexity index is 392. The molecule has 0 radical (unpaired) electrons. The van der Waals surface area contributed by atoms with E-state index in [1.807, 2.05) is 6.07 Å². The van der Waals surface area contributed by atoms with Crippen molar-refractivity contribution in [1.29, 1.82) is 0 Å². The van der Waals surface area contributed by atoms with Crippen molar-refractivity contribution >= 4 is 10.0 Å². The number of nitrogens with zero attached hydrogens (tertiary/aromatic N) is 1. The zero-order chi connectivity index (χ0) is 11.9. The fourth-order valence-electron chi connectivity index (χ4n) is 1.20. The first-order chi connectivity index (χ1) is 7.64. The van der Waals surface area contributed by atoms with E-state index < -0.39 is 10.0 Å². The molecule has 0 fully saturated rings. The Kier molecular flexibility index (Phi) is 5.37. The van der Waals surface area contributed by atoms with Gasteiger partial charge in [-0.05, 0) is 32.1 Å². The van der Waals surface area contributed by atoms with Crippen LogP contribution < -0.4 is 10.0 Å². The molecule has 0 amide bonds. The van der Waals surface area contributed by atoms with Gasteiger partial charge in [0.15, 0.2) is 0 Å². The second kappa shape index (κ2) is 6.57. The van der Waals surface area contributed by atoms with E-state index in [2.05, 4.69) is 15.0 Å². The standard InChI is InChI=1S/C10H17N3O2S/c1-11-6-4-8-16(14,15)13-9-10-5-2-3-7-12-10/h2-3,5,7,11,13H,4,6,8-9H2,1H3. The van der Waals surface area contributed by atoms with Gasteiger partial charge in [0.1, 0.15) is 0 Å². The molecule has 5 nitrogen and oxygen atoms in total. The zero-order valence-electron chi connectivity index (χ0n) is 9.31. The third-order valence-electron chi connectivity index (χ3n) is 2.04. The van der Waals surface area contributed by atoms with Crippen molar-refractivity contribution < 1.29 is 8.42 Å². The molecule has 0 bridgehead atoms. The van der Waals surface area contributed by atoms with Gasteiger partial charge in [-0.2, -0.15) is 0 Å². The predicted octanol–water partition coefficient (Wildman–Crippen LogP) is 0.111. The summed E-state index contributed by atoms with van der Waals surface area (Å²) in [6.07, 6.45) is 2.25. The SMILES string of the molecule is CNCCCS(=O)(=O)NCc1ccccn1. The number of hydrogen-bond acceptors (Lipinski definition) is 4. The second-order valence-corrected chi connectivity index (χ2v) is 5.34. The molecule has 1 aromatic rings. The zero-order valence-corrected chi connectivity index (χ0v) is 10.1. The van der Waals surface area contributed by atoms with E-state index in [0.29, 0.717) is 13.0 Å². The summed E-state index contributed by atoms with van der Waals surface area (Å²) in [6.45, 7) is 0.952. The lowest BCUT2D eigenvalue weighted by molar-refractivity contribution is 0.576. The summed E-state index contributed by atoms with van der Waals surface area (Å²) in [4.78, 5) is 4.04.